The zero-order valence-corrected chi connectivity index (χ0v) is 8.37. The lowest BCUT2D eigenvalue weighted by molar-refractivity contribution is -0.384. The number of aromatic nitrogens is 1. The van der Waals surface area contributed by atoms with Crippen molar-refractivity contribution in [3.05, 3.63) is 33.3 Å². The number of hydrogen-bond acceptors (Lipinski definition) is 4. The third-order valence-electron chi connectivity index (χ3n) is 1.93. The van der Waals surface area contributed by atoms with Crippen LogP contribution >= 0.6 is 11.3 Å². The number of nitro groups is 1. The minimum absolute atomic E-state index is 0.102. The molecule has 0 fully saturated rings. The zero-order valence-electron chi connectivity index (χ0n) is 7.56. The molecule has 14 heavy (non-hydrogen) atoms. The smallest absolute Gasteiger partial charge is 0.258 e. The van der Waals surface area contributed by atoms with Crippen molar-refractivity contribution in [2.24, 2.45) is 0 Å². The molecular weight excluding hydrogens is 200 g/mol. The molecule has 0 amide bonds. The molecule has 0 aliphatic carbocycles. The van der Waals surface area contributed by atoms with Crippen LogP contribution in [0.4, 0.5) is 5.69 Å². The van der Waals surface area contributed by atoms with Crippen LogP contribution in [-0.2, 0) is 6.42 Å². The summed E-state index contributed by atoms with van der Waals surface area (Å²) in [5, 5.41) is 11.5. The van der Waals surface area contributed by atoms with E-state index in [1.165, 1.54) is 12.1 Å². The molecule has 0 spiro atoms. The molecule has 0 unspecified atom stereocenters. The molecule has 1 aromatic carbocycles. The van der Waals surface area contributed by atoms with Gasteiger partial charge in [0, 0.05) is 12.1 Å². The first kappa shape index (κ1) is 9.08. The van der Waals surface area contributed by atoms with Gasteiger partial charge in [-0.15, -0.1) is 11.3 Å². The highest BCUT2D eigenvalue weighted by Crippen LogP contribution is 2.25. The maximum Gasteiger partial charge on any atom is 0.271 e. The predicted octanol–water partition coefficient (Wildman–Crippen LogP) is 2.77. The van der Waals surface area contributed by atoms with E-state index in [9.17, 15) is 10.1 Å². The topological polar surface area (TPSA) is 56.0 Å². The molecule has 0 saturated carbocycles. The summed E-state index contributed by atoms with van der Waals surface area (Å²) >= 11 is 1.58. The largest absolute Gasteiger partial charge is 0.271 e. The number of rotatable bonds is 2. The Balaban J connectivity index is 2.59. The number of aryl methyl sites for hydroxylation is 1. The van der Waals surface area contributed by atoms with E-state index in [4.69, 9.17) is 0 Å². The summed E-state index contributed by atoms with van der Waals surface area (Å²) in [4.78, 5) is 14.4. The van der Waals surface area contributed by atoms with Crippen molar-refractivity contribution in [2.75, 3.05) is 0 Å². The quantitative estimate of drug-likeness (QED) is 0.563. The standard InChI is InChI=1S/C9H8N2O2S/c1-2-9-10-7-5-6(11(12)13)3-4-8(7)14-9/h3-5H,2H2,1H3. The van der Waals surface area contributed by atoms with Gasteiger partial charge in [0.1, 0.15) is 0 Å². The summed E-state index contributed by atoms with van der Waals surface area (Å²) in [6, 6.07) is 4.79. The monoisotopic (exact) mass is 208 g/mol. The van der Waals surface area contributed by atoms with E-state index in [1.807, 2.05) is 6.92 Å². The molecule has 72 valence electrons. The van der Waals surface area contributed by atoms with Gasteiger partial charge in [-0.25, -0.2) is 4.98 Å². The Morgan fingerprint density at radius 1 is 1.57 bits per heavy atom. The van der Waals surface area contributed by atoms with Crippen molar-refractivity contribution in [1.29, 1.82) is 0 Å². The van der Waals surface area contributed by atoms with Crippen molar-refractivity contribution < 1.29 is 4.92 Å². The van der Waals surface area contributed by atoms with Gasteiger partial charge in [-0.1, -0.05) is 6.92 Å². The molecule has 0 aliphatic heterocycles. The molecule has 0 saturated heterocycles. The molecule has 1 aromatic heterocycles. The summed E-state index contributed by atoms with van der Waals surface area (Å²) in [7, 11) is 0. The lowest BCUT2D eigenvalue weighted by Gasteiger charge is -1.89. The van der Waals surface area contributed by atoms with Gasteiger partial charge in [0.15, 0.2) is 0 Å². The molecule has 1 heterocycles. The van der Waals surface area contributed by atoms with Crippen molar-refractivity contribution in [1.82, 2.24) is 4.98 Å². The Hall–Kier alpha value is -1.49. The first-order valence-electron chi connectivity index (χ1n) is 4.24. The number of benzene rings is 1. The highest BCUT2D eigenvalue weighted by atomic mass is 32.1. The van der Waals surface area contributed by atoms with Gasteiger partial charge < -0.3 is 0 Å². The van der Waals surface area contributed by atoms with Crippen LogP contribution in [0.15, 0.2) is 18.2 Å². The second-order valence-electron chi connectivity index (χ2n) is 2.87. The van der Waals surface area contributed by atoms with Crippen molar-refractivity contribution in [3.8, 4) is 0 Å². The van der Waals surface area contributed by atoms with Gasteiger partial charge in [-0.2, -0.15) is 0 Å². The van der Waals surface area contributed by atoms with Gasteiger partial charge in [-0.05, 0) is 12.5 Å². The highest BCUT2D eigenvalue weighted by Gasteiger charge is 2.08. The fourth-order valence-electron chi connectivity index (χ4n) is 1.23. The SMILES string of the molecule is CCc1nc2cc([N+](=O)[O-])ccc2s1. The van der Waals surface area contributed by atoms with E-state index in [0.29, 0.717) is 0 Å². The van der Waals surface area contributed by atoms with Gasteiger partial charge in [0.25, 0.3) is 5.69 Å². The molecule has 5 heteroatoms. The van der Waals surface area contributed by atoms with Crippen molar-refractivity contribution in [2.45, 2.75) is 13.3 Å². The lowest BCUT2D eigenvalue weighted by Crippen LogP contribution is -1.86. The van der Waals surface area contributed by atoms with E-state index in [0.717, 1.165) is 21.6 Å². The molecule has 0 radical (unpaired) electrons. The van der Waals surface area contributed by atoms with Crippen LogP contribution in [0.1, 0.15) is 11.9 Å². The van der Waals surface area contributed by atoms with Crippen molar-refractivity contribution >= 4 is 27.2 Å². The zero-order chi connectivity index (χ0) is 10.1. The molecule has 2 rings (SSSR count). The summed E-state index contributed by atoms with van der Waals surface area (Å²) in [5.41, 5.74) is 0.825. The molecule has 0 N–H and O–H groups in total. The fraction of sp³-hybridized carbons (Fsp3) is 0.222. The van der Waals surface area contributed by atoms with Crippen LogP contribution < -0.4 is 0 Å². The van der Waals surface area contributed by atoms with E-state index in [-0.39, 0.29) is 5.69 Å². The summed E-state index contributed by atoms with van der Waals surface area (Å²) in [5.74, 6) is 0. The van der Waals surface area contributed by atoms with E-state index in [2.05, 4.69) is 4.98 Å². The van der Waals surface area contributed by atoms with Crippen LogP contribution in [0.2, 0.25) is 0 Å². The predicted molar refractivity (Wildman–Crippen MR) is 55.7 cm³/mol. The molecule has 0 aliphatic rings. The second-order valence-corrected chi connectivity index (χ2v) is 3.99. The summed E-state index contributed by atoms with van der Waals surface area (Å²) in [6.07, 6.45) is 0.868. The Kier molecular flexibility index (Phi) is 2.17. The lowest BCUT2D eigenvalue weighted by atomic mass is 10.3. The minimum Gasteiger partial charge on any atom is -0.258 e. The van der Waals surface area contributed by atoms with Crippen LogP contribution in [0, 0.1) is 10.1 Å². The first-order valence-corrected chi connectivity index (χ1v) is 5.06. The maximum absolute atomic E-state index is 10.5. The summed E-state index contributed by atoms with van der Waals surface area (Å²) < 4.78 is 1.01. The molecule has 0 bridgehead atoms. The van der Waals surface area contributed by atoms with Gasteiger partial charge in [-0.3, -0.25) is 10.1 Å². The van der Waals surface area contributed by atoms with Crippen LogP contribution in [0.25, 0.3) is 10.2 Å². The molecule has 2 aromatic rings. The number of hydrogen-bond donors (Lipinski definition) is 0. The van der Waals surface area contributed by atoms with E-state index in [1.54, 1.807) is 17.4 Å². The van der Waals surface area contributed by atoms with E-state index >= 15 is 0 Å². The molecule has 4 nitrogen and oxygen atoms in total. The minimum atomic E-state index is -0.398. The number of non-ortho nitro benzene ring substituents is 1. The van der Waals surface area contributed by atoms with Gasteiger partial charge in [0.2, 0.25) is 0 Å². The number of thiazole rings is 1. The highest BCUT2D eigenvalue weighted by molar-refractivity contribution is 7.18. The molecular formula is C9H8N2O2S. The number of fused-ring (bicyclic) bond motifs is 1. The summed E-state index contributed by atoms with van der Waals surface area (Å²) in [6.45, 7) is 2.02. The number of nitrogens with zero attached hydrogens (tertiary/aromatic N) is 2. The second kappa shape index (κ2) is 3.34. The van der Waals surface area contributed by atoms with Crippen LogP contribution in [0.3, 0.4) is 0 Å². The Bertz CT molecular complexity index is 493. The Morgan fingerprint density at radius 3 is 3.00 bits per heavy atom. The maximum atomic E-state index is 10.5. The van der Waals surface area contributed by atoms with Crippen LogP contribution in [0.5, 0.6) is 0 Å². The van der Waals surface area contributed by atoms with Crippen molar-refractivity contribution in [3.63, 3.8) is 0 Å². The average molecular weight is 208 g/mol. The van der Waals surface area contributed by atoms with Crippen LogP contribution in [-0.4, -0.2) is 9.91 Å². The third-order valence-corrected chi connectivity index (χ3v) is 3.11. The van der Waals surface area contributed by atoms with Gasteiger partial charge in [0.05, 0.1) is 20.1 Å². The Morgan fingerprint density at radius 2 is 2.36 bits per heavy atom. The fourth-order valence-corrected chi connectivity index (χ4v) is 2.12. The third kappa shape index (κ3) is 1.46. The molecule has 0 atom stereocenters. The van der Waals surface area contributed by atoms with Gasteiger partial charge >= 0.3 is 0 Å². The number of nitro benzene ring substituents is 1. The van der Waals surface area contributed by atoms with E-state index < -0.39 is 4.92 Å². The first-order chi connectivity index (χ1) is 6.70. The average Bonchev–Trinajstić information content (AvgIpc) is 2.58. The Labute approximate surface area is 84.4 Å². The normalized spacial score (nSPS) is 10.6.